The molecule has 17 nitrogen and oxygen atoms in total. The van der Waals surface area contributed by atoms with E-state index in [0.717, 1.165) is 95.4 Å². The van der Waals surface area contributed by atoms with Gasteiger partial charge in [0.1, 0.15) is 24.0 Å². The van der Waals surface area contributed by atoms with E-state index in [1.807, 2.05) is 90.6 Å². The van der Waals surface area contributed by atoms with Crippen molar-refractivity contribution in [3.63, 3.8) is 0 Å². The van der Waals surface area contributed by atoms with E-state index in [9.17, 15) is 9.59 Å². The average molecular weight is 855 g/mol. The van der Waals surface area contributed by atoms with Crippen LogP contribution in [-0.2, 0) is 29.3 Å². The molecule has 7 aromatic heterocycles. The Kier molecular flexibility index (Phi) is 10.1. The van der Waals surface area contributed by atoms with E-state index >= 15 is 0 Å². The zero-order valence-electron chi connectivity index (χ0n) is 35.3. The Labute approximate surface area is 367 Å². The highest BCUT2D eigenvalue weighted by molar-refractivity contribution is 5.93. The highest BCUT2D eigenvalue weighted by Crippen LogP contribution is 2.32. The van der Waals surface area contributed by atoms with Crippen LogP contribution in [0.1, 0.15) is 61.0 Å². The van der Waals surface area contributed by atoms with Crippen LogP contribution in [-0.4, -0.2) is 73.8 Å². The van der Waals surface area contributed by atoms with Crippen molar-refractivity contribution in [3.05, 3.63) is 120 Å². The number of nitrogens with one attached hydrogen (secondary N) is 3. The number of aryl methyl sites for hydroxylation is 1. The number of ether oxygens (including phenoxy) is 1. The second-order valence-electron chi connectivity index (χ2n) is 16.8. The first-order valence-corrected chi connectivity index (χ1v) is 21.9. The second kappa shape index (κ2) is 16.5. The number of nitrogens with zero attached hydrogens (tertiary/aromatic N) is 11. The number of carbonyl (C=O) groups is 2. The van der Waals surface area contributed by atoms with Crippen LogP contribution in [0.5, 0.6) is 5.75 Å². The lowest BCUT2D eigenvalue weighted by Crippen LogP contribution is -2.18. The number of benzene rings is 1. The van der Waals surface area contributed by atoms with Gasteiger partial charge in [-0.05, 0) is 112 Å². The summed E-state index contributed by atoms with van der Waals surface area (Å²) in [4.78, 5) is 46.1. The summed E-state index contributed by atoms with van der Waals surface area (Å²) in [6, 6.07) is 27.8. The Hall–Kier alpha value is -7.69. The Morgan fingerprint density at radius 1 is 0.734 bits per heavy atom. The van der Waals surface area contributed by atoms with Gasteiger partial charge in [0.15, 0.2) is 11.3 Å². The minimum absolute atomic E-state index is 0.0136. The maximum Gasteiger partial charge on any atom is 0.249 e. The molecule has 3 N–H and O–H groups in total. The summed E-state index contributed by atoms with van der Waals surface area (Å²) in [6.45, 7) is 5.47. The van der Waals surface area contributed by atoms with Crippen LogP contribution in [0.3, 0.4) is 0 Å². The fraction of sp³-hybridized carbons (Fsp3) is 0.298. The number of carbonyl (C=O) groups excluding carboxylic acids is 2. The molecule has 3 fully saturated rings. The number of aromatic nitrogens is 10. The van der Waals surface area contributed by atoms with Crippen LogP contribution in [0.15, 0.2) is 97.3 Å². The van der Waals surface area contributed by atoms with Gasteiger partial charge >= 0.3 is 0 Å². The van der Waals surface area contributed by atoms with Crippen LogP contribution < -0.4 is 25.6 Å². The fourth-order valence-corrected chi connectivity index (χ4v) is 8.04. The molecule has 2 amide bonds. The van der Waals surface area contributed by atoms with Crippen molar-refractivity contribution in [3.8, 4) is 28.3 Å². The molecule has 0 spiro atoms. The van der Waals surface area contributed by atoms with Crippen molar-refractivity contribution in [2.45, 2.75) is 65.1 Å². The second-order valence-corrected chi connectivity index (χ2v) is 16.8. The van der Waals surface area contributed by atoms with Crippen molar-refractivity contribution >= 4 is 46.6 Å². The van der Waals surface area contributed by atoms with Gasteiger partial charge in [-0.15, -0.1) is 10.2 Å². The first-order chi connectivity index (χ1) is 31.4. The molecule has 1 aliphatic heterocycles. The third-order valence-corrected chi connectivity index (χ3v) is 11.9. The fourth-order valence-electron chi connectivity index (χ4n) is 8.04. The minimum atomic E-state index is -0.0533. The Morgan fingerprint density at radius 3 is 2.19 bits per heavy atom. The SMILES string of the molecule is Cc1cc(CNc2ccc(-c3cccc4nc(NC(=O)C5CC5)nn34)cn2)nn1Cc1ccc(-c2ccc(OCc3ccc(N4CCCC4)nc3)cc2)n2nc(NC(=O)C3CC3)nc12. The van der Waals surface area contributed by atoms with Crippen molar-refractivity contribution in [2.75, 3.05) is 33.9 Å². The van der Waals surface area contributed by atoms with Gasteiger partial charge < -0.3 is 15.0 Å². The molecule has 2 aliphatic carbocycles. The predicted octanol–water partition coefficient (Wildman–Crippen LogP) is 6.94. The van der Waals surface area contributed by atoms with E-state index in [2.05, 4.69) is 53.0 Å². The van der Waals surface area contributed by atoms with Gasteiger partial charge in [-0.1, -0.05) is 18.2 Å². The number of hydrogen-bond acceptors (Lipinski definition) is 12. The molecule has 0 bridgehead atoms. The van der Waals surface area contributed by atoms with E-state index in [-0.39, 0.29) is 29.6 Å². The maximum atomic E-state index is 12.8. The number of anilines is 4. The molecule has 17 heteroatoms. The standard InChI is InChI=1S/C47H46N14O3/c1-29-23-36(26-49-40-19-15-34(25-48-40)38-5-4-6-42-51-46(56-60(38)42)53-44(62)32-8-9-32)55-59(29)27-35-14-18-39(61-43(35)52-47(57-61)54-45(63)33-10-11-33)31-12-16-37(17-13-31)64-28-30-7-20-41(50-24-30)58-21-2-3-22-58/h4-7,12-20,23-25,32-33H,2-3,8-11,21-22,26-28H2,1H3,(H,48,49)(H,53,56,62)(H,54,57,63). The molecule has 0 unspecified atom stereocenters. The number of fused-ring (bicyclic) bond motifs is 2. The molecule has 64 heavy (non-hydrogen) atoms. The van der Waals surface area contributed by atoms with Crippen molar-refractivity contribution in [1.29, 1.82) is 0 Å². The van der Waals surface area contributed by atoms with E-state index < -0.39 is 0 Å². The van der Waals surface area contributed by atoms with E-state index in [4.69, 9.17) is 19.9 Å². The first-order valence-electron chi connectivity index (χ1n) is 21.9. The summed E-state index contributed by atoms with van der Waals surface area (Å²) in [5.41, 5.74) is 8.42. The average Bonchev–Trinajstić information content (AvgIpc) is 4.16. The topological polar surface area (TPSA) is 187 Å². The molecule has 0 radical (unpaired) electrons. The summed E-state index contributed by atoms with van der Waals surface area (Å²) >= 11 is 0. The van der Waals surface area contributed by atoms with Gasteiger partial charge in [0, 0.05) is 65.3 Å². The third kappa shape index (κ3) is 8.31. The summed E-state index contributed by atoms with van der Waals surface area (Å²) in [7, 11) is 0. The molecule has 11 rings (SSSR count). The number of rotatable bonds is 15. The van der Waals surface area contributed by atoms with Crippen LogP contribution >= 0.6 is 0 Å². The van der Waals surface area contributed by atoms with E-state index in [1.165, 1.54) is 12.8 Å². The monoisotopic (exact) mass is 854 g/mol. The van der Waals surface area contributed by atoms with Gasteiger partial charge in [0.05, 0.1) is 30.2 Å². The first kappa shape index (κ1) is 39.2. The lowest BCUT2D eigenvalue weighted by Gasteiger charge is -2.16. The van der Waals surface area contributed by atoms with E-state index in [1.54, 1.807) is 15.2 Å². The zero-order valence-corrected chi connectivity index (χ0v) is 35.3. The van der Waals surface area contributed by atoms with Crippen LogP contribution in [0.2, 0.25) is 0 Å². The summed E-state index contributed by atoms with van der Waals surface area (Å²) in [5, 5.41) is 23.4. The highest BCUT2D eigenvalue weighted by Gasteiger charge is 2.31. The number of pyridine rings is 4. The van der Waals surface area contributed by atoms with Gasteiger partial charge in [0.2, 0.25) is 23.7 Å². The van der Waals surface area contributed by atoms with Gasteiger partial charge in [-0.2, -0.15) is 15.1 Å². The van der Waals surface area contributed by atoms with Crippen molar-refractivity contribution in [2.24, 2.45) is 11.8 Å². The normalized spacial score (nSPS) is 14.9. The van der Waals surface area contributed by atoms with Crippen LogP contribution in [0.4, 0.5) is 23.5 Å². The van der Waals surface area contributed by atoms with Gasteiger partial charge in [-0.3, -0.25) is 24.9 Å². The third-order valence-electron chi connectivity index (χ3n) is 11.9. The molecular formula is C47H46N14O3. The predicted molar refractivity (Wildman–Crippen MR) is 241 cm³/mol. The van der Waals surface area contributed by atoms with Crippen LogP contribution in [0, 0.1) is 18.8 Å². The lowest BCUT2D eigenvalue weighted by atomic mass is 10.1. The van der Waals surface area contributed by atoms with Crippen LogP contribution in [0.25, 0.3) is 33.8 Å². The molecule has 322 valence electrons. The molecular weight excluding hydrogens is 809 g/mol. The Balaban J connectivity index is 0.771. The molecule has 2 saturated carbocycles. The van der Waals surface area contributed by atoms with Gasteiger partial charge in [-0.25, -0.2) is 19.0 Å². The maximum absolute atomic E-state index is 12.8. The summed E-state index contributed by atoms with van der Waals surface area (Å²) in [6.07, 6.45) is 9.69. The molecule has 1 aromatic carbocycles. The molecule has 0 atom stereocenters. The molecule has 8 heterocycles. The molecule has 1 saturated heterocycles. The largest absolute Gasteiger partial charge is 0.489 e. The Morgan fingerprint density at radius 2 is 1.47 bits per heavy atom. The summed E-state index contributed by atoms with van der Waals surface area (Å²) < 4.78 is 11.6. The smallest absolute Gasteiger partial charge is 0.249 e. The highest BCUT2D eigenvalue weighted by atomic mass is 16.5. The number of amides is 2. The zero-order chi connectivity index (χ0) is 43.1. The van der Waals surface area contributed by atoms with Gasteiger partial charge in [0.25, 0.3) is 0 Å². The molecule has 8 aromatic rings. The van der Waals surface area contributed by atoms with E-state index in [0.29, 0.717) is 42.8 Å². The lowest BCUT2D eigenvalue weighted by molar-refractivity contribution is -0.118. The summed E-state index contributed by atoms with van der Waals surface area (Å²) in [5.74, 6) is 3.02. The van der Waals surface area contributed by atoms with Crippen molar-refractivity contribution < 1.29 is 14.3 Å². The van der Waals surface area contributed by atoms with Crippen molar-refractivity contribution in [1.82, 2.24) is 48.9 Å². The quantitative estimate of drug-likeness (QED) is 0.0967. The number of hydrogen-bond donors (Lipinski definition) is 3. The minimum Gasteiger partial charge on any atom is -0.489 e. The molecule has 3 aliphatic rings. The Bertz CT molecular complexity index is 3000.